The normalized spacial score (nSPS) is 21.4. The number of hydrogen-bond acceptors (Lipinski definition) is 2. The van der Waals surface area contributed by atoms with Gasteiger partial charge in [0.25, 0.3) is 0 Å². The highest BCUT2D eigenvalue weighted by Gasteiger charge is 2.21. The first-order valence-electron chi connectivity index (χ1n) is 8.29. The maximum absolute atomic E-state index is 11.9. The number of benzene rings is 1. The Morgan fingerprint density at radius 2 is 1.77 bits per heavy atom. The summed E-state index contributed by atoms with van der Waals surface area (Å²) in [6.07, 6.45) is 4.80. The summed E-state index contributed by atoms with van der Waals surface area (Å²) in [5.74, 6) is 0.422. The standard InChI is InChI=1S/C18H28N2O2/c1-13-9-14(2)11-16(10-13)7-8-19-18(22)20-17-5-3-15(12-21)4-6-17/h9-11,15,17,21H,3-8,12H2,1-2H3,(H2,19,20,22). The van der Waals surface area contributed by atoms with Crippen molar-refractivity contribution in [3.8, 4) is 0 Å². The van der Waals surface area contributed by atoms with E-state index in [9.17, 15) is 4.79 Å². The highest BCUT2D eigenvalue weighted by molar-refractivity contribution is 5.74. The lowest BCUT2D eigenvalue weighted by atomic mass is 9.87. The van der Waals surface area contributed by atoms with Crippen LogP contribution in [0, 0.1) is 19.8 Å². The Labute approximate surface area is 133 Å². The first-order valence-corrected chi connectivity index (χ1v) is 8.29. The molecule has 0 saturated heterocycles. The van der Waals surface area contributed by atoms with Gasteiger partial charge >= 0.3 is 6.03 Å². The Balaban J connectivity index is 1.67. The maximum atomic E-state index is 11.9. The molecule has 2 amide bonds. The van der Waals surface area contributed by atoms with Gasteiger partial charge in [-0.25, -0.2) is 4.79 Å². The lowest BCUT2D eigenvalue weighted by Crippen LogP contribution is -2.44. The molecule has 0 spiro atoms. The van der Waals surface area contributed by atoms with Crippen molar-refractivity contribution in [3.63, 3.8) is 0 Å². The van der Waals surface area contributed by atoms with Crippen molar-refractivity contribution in [3.05, 3.63) is 34.9 Å². The number of aliphatic hydroxyl groups excluding tert-OH is 1. The zero-order valence-electron chi connectivity index (χ0n) is 13.7. The zero-order valence-corrected chi connectivity index (χ0v) is 13.7. The number of carbonyl (C=O) groups excluding carboxylic acids is 1. The Morgan fingerprint density at radius 1 is 1.14 bits per heavy atom. The molecule has 4 heteroatoms. The van der Waals surface area contributed by atoms with Crippen LogP contribution in [0.4, 0.5) is 4.79 Å². The Kier molecular flexibility index (Phi) is 6.25. The van der Waals surface area contributed by atoms with Crippen molar-refractivity contribution in [2.24, 2.45) is 5.92 Å². The summed E-state index contributed by atoms with van der Waals surface area (Å²) in [4.78, 5) is 11.9. The third-order valence-corrected chi connectivity index (χ3v) is 4.42. The Morgan fingerprint density at radius 3 is 2.36 bits per heavy atom. The van der Waals surface area contributed by atoms with Gasteiger partial charge in [-0.15, -0.1) is 0 Å². The molecule has 0 aromatic heterocycles. The van der Waals surface area contributed by atoms with Crippen LogP contribution in [-0.4, -0.2) is 30.3 Å². The van der Waals surface area contributed by atoms with Gasteiger partial charge in [-0.1, -0.05) is 29.3 Å². The van der Waals surface area contributed by atoms with Gasteiger partial charge in [-0.2, -0.15) is 0 Å². The van der Waals surface area contributed by atoms with Gasteiger partial charge in [0.2, 0.25) is 0 Å². The topological polar surface area (TPSA) is 61.4 Å². The molecule has 122 valence electrons. The molecule has 1 saturated carbocycles. The first-order chi connectivity index (χ1) is 10.6. The summed E-state index contributed by atoms with van der Waals surface area (Å²) in [7, 11) is 0. The smallest absolute Gasteiger partial charge is 0.315 e. The van der Waals surface area contributed by atoms with Crippen LogP contribution in [0.25, 0.3) is 0 Å². The van der Waals surface area contributed by atoms with Crippen LogP contribution in [0.3, 0.4) is 0 Å². The van der Waals surface area contributed by atoms with E-state index in [0.29, 0.717) is 12.5 Å². The van der Waals surface area contributed by atoms with E-state index in [2.05, 4.69) is 42.7 Å². The molecule has 2 rings (SSSR count). The first kappa shape index (κ1) is 16.8. The second-order valence-corrected chi connectivity index (χ2v) is 6.55. The van der Waals surface area contributed by atoms with E-state index in [1.54, 1.807) is 0 Å². The maximum Gasteiger partial charge on any atom is 0.315 e. The average Bonchev–Trinajstić information content (AvgIpc) is 2.47. The van der Waals surface area contributed by atoms with Crippen LogP contribution >= 0.6 is 0 Å². The van der Waals surface area contributed by atoms with Gasteiger partial charge in [0.05, 0.1) is 0 Å². The molecule has 3 N–H and O–H groups in total. The van der Waals surface area contributed by atoms with Crippen molar-refractivity contribution >= 4 is 6.03 Å². The predicted octanol–water partition coefficient (Wildman–Crippen LogP) is 2.70. The minimum absolute atomic E-state index is 0.0724. The van der Waals surface area contributed by atoms with Crippen LogP contribution < -0.4 is 10.6 Å². The minimum atomic E-state index is -0.0724. The third kappa shape index (κ3) is 5.34. The quantitative estimate of drug-likeness (QED) is 0.783. The van der Waals surface area contributed by atoms with Gasteiger partial charge in [0.15, 0.2) is 0 Å². The number of rotatable bonds is 5. The SMILES string of the molecule is Cc1cc(C)cc(CCNC(=O)NC2CCC(CO)CC2)c1. The Bertz CT molecular complexity index is 474. The lowest BCUT2D eigenvalue weighted by Gasteiger charge is -2.27. The summed E-state index contributed by atoms with van der Waals surface area (Å²) in [6.45, 7) is 5.12. The van der Waals surface area contributed by atoms with Crippen LogP contribution in [0.5, 0.6) is 0 Å². The number of hydrogen-bond donors (Lipinski definition) is 3. The lowest BCUT2D eigenvalue weighted by molar-refractivity contribution is 0.174. The third-order valence-electron chi connectivity index (χ3n) is 4.42. The molecule has 1 aromatic rings. The summed E-state index contributed by atoms with van der Waals surface area (Å²) in [5, 5.41) is 15.1. The number of urea groups is 1. The van der Waals surface area contributed by atoms with E-state index >= 15 is 0 Å². The molecular weight excluding hydrogens is 276 g/mol. The molecule has 1 fully saturated rings. The molecule has 1 aliphatic carbocycles. The molecule has 0 bridgehead atoms. The summed E-state index contributed by atoms with van der Waals surface area (Å²) in [5.41, 5.74) is 3.79. The van der Waals surface area contributed by atoms with E-state index in [0.717, 1.165) is 32.1 Å². The monoisotopic (exact) mass is 304 g/mol. The molecule has 0 atom stereocenters. The van der Waals surface area contributed by atoms with Gasteiger partial charge in [0, 0.05) is 19.2 Å². The molecule has 1 aliphatic rings. The zero-order chi connectivity index (χ0) is 15.9. The van der Waals surface area contributed by atoms with Gasteiger partial charge in [0.1, 0.15) is 0 Å². The van der Waals surface area contributed by atoms with Crippen LogP contribution in [0.2, 0.25) is 0 Å². The average molecular weight is 304 g/mol. The van der Waals surface area contributed by atoms with Crippen molar-refractivity contribution in [2.45, 2.75) is 52.0 Å². The number of amides is 2. The number of carbonyl (C=O) groups is 1. The van der Waals surface area contributed by atoms with Gasteiger partial charge in [-0.05, 0) is 57.4 Å². The van der Waals surface area contributed by atoms with E-state index < -0.39 is 0 Å². The molecule has 1 aromatic carbocycles. The molecule has 0 aliphatic heterocycles. The van der Waals surface area contributed by atoms with Crippen molar-refractivity contribution in [1.29, 1.82) is 0 Å². The predicted molar refractivity (Wildman–Crippen MR) is 89.0 cm³/mol. The van der Waals surface area contributed by atoms with Gasteiger partial charge < -0.3 is 15.7 Å². The fourth-order valence-corrected chi connectivity index (χ4v) is 3.26. The molecule has 0 unspecified atom stereocenters. The van der Waals surface area contributed by atoms with E-state index in [4.69, 9.17) is 5.11 Å². The van der Waals surface area contributed by atoms with Crippen molar-refractivity contribution in [1.82, 2.24) is 10.6 Å². The highest BCUT2D eigenvalue weighted by Crippen LogP contribution is 2.23. The van der Waals surface area contributed by atoms with Crippen LogP contribution in [0.15, 0.2) is 18.2 Å². The molecule has 4 nitrogen and oxygen atoms in total. The number of nitrogens with one attached hydrogen (secondary N) is 2. The van der Waals surface area contributed by atoms with E-state index in [1.165, 1.54) is 16.7 Å². The minimum Gasteiger partial charge on any atom is -0.396 e. The van der Waals surface area contributed by atoms with E-state index in [1.807, 2.05) is 0 Å². The fourth-order valence-electron chi connectivity index (χ4n) is 3.26. The van der Waals surface area contributed by atoms with Crippen molar-refractivity contribution < 1.29 is 9.90 Å². The summed E-state index contributed by atoms with van der Waals surface area (Å²) >= 11 is 0. The van der Waals surface area contributed by atoms with Crippen LogP contribution in [0.1, 0.15) is 42.4 Å². The molecular formula is C18H28N2O2. The highest BCUT2D eigenvalue weighted by atomic mass is 16.3. The molecule has 0 radical (unpaired) electrons. The second-order valence-electron chi connectivity index (χ2n) is 6.55. The summed E-state index contributed by atoms with van der Waals surface area (Å²) < 4.78 is 0. The summed E-state index contributed by atoms with van der Waals surface area (Å²) in [6, 6.07) is 6.68. The fraction of sp³-hybridized carbons (Fsp3) is 0.611. The number of aliphatic hydroxyl groups is 1. The molecule has 22 heavy (non-hydrogen) atoms. The molecule has 0 heterocycles. The Hall–Kier alpha value is -1.55. The largest absolute Gasteiger partial charge is 0.396 e. The van der Waals surface area contributed by atoms with Crippen LogP contribution in [-0.2, 0) is 6.42 Å². The van der Waals surface area contributed by atoms with Crippen molar-refractivity contribution in [2.75, 3.05) is 13.2 Å². The second kappa shape index (κ2) is 8.18. The van der Waals surface area contributed by atoms with E-state index in [-0.39, 0.29) is 18.7 Å². The number of aryl methyl sites for hydroxylation is 2. The van der Waals surface area contributed by atoms with Gasteiger partial charge in [-0.3, -0.25) is 0 Å².